The number of fused-ring (bicyclic) bond motifs is 1. The third kappa shape index (κ3) is 2.56. The maximum absolute atomic E-state index is 13.6. The molecule has 6 nitrogen and oxygen atoms in total. The first-order chi connectivity index (χ1) is 14.0. The van der Waals surface area contributed by atoms with Crippen LogP contribution < -0.4 is 11.1 Å². The summed E-state index contributed by atoms with van der Waals surface area (Å²) in [5.74, 6) is 0.747. The van der Waals surface area contributed by atoms with E-state index in [1.807, 2.05) is 56.3 Å². The molecule has 6 heteroatoms. The van der Waals surface area contributed by atoms with Crippen molar-refractivity contribution in [1.29, 1.82) is 0 Å². The summed E-state index contributed by atoms with van der Waals surface area (Å²) in [5.41, 5.74) is 10.9. The molecule has 2 aliphatic heterocycles. The van der Waals surface area contributed by atoms with Gasteiger partial charge in [-0.2, -0.15) is 0 Å². The van der Waals surface area contributed by atoms with Gasteiger partial charge in [-0.3, -0.25) is 9.69 Å². The van der Waals surface area contributed by atoms with Crippen LogP contribution in [0.15, 0.2) is 53.1 Å². The second-order valence-corrected chi connectivity index (χ2v) is 7.98. The van der Waals surface area contributed by atoms with Crippen LogP contribution >= 0.6 is 0 Å². The molecular weight excluding hydrogens is 364 g/mol. The fourth-order valence-electron chi connectivity index (χ4n) is 4.89. The number of likely N-dealkylation sites (tertiary alicyclic amines) is 1. The molecule has 3 aromatic rings. The van der Waals surface area contributed by atoms with Gasteiger partial charge in [-0.15, -0.1) is 0 Å². The SMILES string of the molecule is Cc1noc(C)c1-c1ccc2c(c1)C(c1ccccc1)(N1CCC(N)C1)C(=O)N2. The topological polar surface area (TPSA) is 84.4 Å². The average Bonchev–Trinajstić information content (AvgIpc) is 3.38. The van der Waals surface area contributed by atoms with Gasteiger partial charge in [-0.25, -0.2) is 0 Å². The van der Waals surface area contributed by atoms with Gasteiger partial charge in [0.15, 0.2) is 5.54 Å². The maximum atomic E-state index is 13.6. The van der Waals surface area contributed by atoms with Gasteiger partial charge < -0.3 is 15.6 Å². The molecule has 148 valence electrons. The Morgan fingerprint density at radius 3 is 2.66 bits per heavy atom. The Kier molecular flexibility index (Phi) is 4.08. The maximum Gasteiger partial charge on any atom is 0.254 e. The van der Waals surface area contributed by atoms with Gasteiger partial charge in [0.1, 0.15) is 5.76 Å². The highest BCUT2D eigenvalue weighted by Gasteiger charge is 2.54. The van der Waals surface area contributed by atoms with E-state index in [-0.39, 0.29) is 11.9 Å². The summed E-state index contributed by atoms with van der Waals surface area (Å²) in [7, 11) is 0. The van der Waals surface area contributed by atoms with Crippen molar-refractivity contribution in [3.8, 4) is 11.1 Å². The van der Waals surface area contributed by atoms with Crippen LogP contribution in [-0.2, 0) is 10.3 Å². The molecule has 1 amide bonds. The number of benzene rings is 2. The average molecular weight is 388 g/mol. The zero-order chi connectivity index (χ0) is 20.2. The predicted molar refractivity (Wildman–Crippen MR) is 111 cm³/mol. The summed E-state index contributed by atoms with van der Waals surface area (Å²) < 4.78 is 5.38. The molecule has 0 spiro atoms. The largest absolute Gasteiger partial charge is 0.361 e. The lowest BCUT2D eigenvalue weighted by Gasteiger charge is -2.37. The molecule has 0 saturated carbocycles. The molecule has 5 rings (SSSR count). The Labute approximate surface area is 169 Å². The first-order valence-corrected chi connectivity index (χ1v) is 9.97. The van der Waals surface area contributed by atoms with Gasteiger partial charge in [0.25, 0.3) is 5.91 Å². The Bertz CT molecular complexity index is 1070. The van der Waals surface area contributed by atoms with E-state index in [2.05, 4.69) is 21.4 Å². The van der Waals surface area contributed by atoms with E-state index >= 15 is 0 Å². The number of aromatic nitrogens is 1. The highest BCUT2D eigenvalue weighted by molar-refractivity contribution is 6.09. The molecule has 2 aromatic carbocycles. The zero-order valence-corrected chi connectivity index (χ0v) is 16.6. The minimum absolute atomic E-state index is 0.0243. The number of carbonyl (C=O) groups is 1. The molecule has 0 radical (unpaired) electrons. The van der Waals surface area contributed by atoms with Crippen molar-refractivity contribution in [2.24, 2.45) is 5.73 Å². The molecule has 3 heterocycles. The molecule has 2 atom stereocenters. The van der Waals surface area contributed by atoms with Crippen LogP contribution in [-0.4, -0.2) is 35.1 Å². The molecule has 29 heavy (non-hydrogen) atoms. The fourth-order valence-corrected chi connectivity index (χ4v) is 4.89. The summed E-state index contributed by atoms with van der Waals surface area (Å²) in [6.07, 6.45) is 0.876. The number of nitrogens with two attached hydrogens (primary N) is 1. The summed E-state index contributed by atoms with van der Waals surface area (Å²) in [4.78, 5) is 15.8. The number of nitrogens with zero attached hydrogens (tertiary/aromatic N) is 2. The molecule has 0 bridgehead atoms. The molecule has 1 aromatic heterocycles. The highest BCUT2D eigenvalue weighted by atomic mass is 16.5. The van der Waals surface area contributed by atoms with Gasteiger partial charge in [0, 0.05) is 35.9 Å². The van der Waals surface area contributed by atoms with Crippen molar-refractivity contribution in [2.45, 2.75) is 31.8 Å². The van der Waals surface area contributed by atoms with Crippen molar-refractivity contribution in [1.82, 2.24) is 10.1 Å². The van der Waals surface area contributed by atoms with Crippen molar-refractivity contribution in [3.63, 3.8) is 0 Å². The van der Waals surface area contributed by atoms with E-state index < -0.39 is 5.54 Å². The third-order valence-corrected chi connectivity index (χ3v) is 6.20. The molecule has 1 saturated heterocycles. The van der Waals surface area contributed by atoms with Gasteiger partial charge in [0.2, 0.25) is 0 Å². The summed E-state index contributed by atoms with van der Waals surface area (Å²) in [5, 5.41) is 7.22. The second kappa shape index (κ2) is 6.54. The number of hydrogen-bond donors (Lipinski definition) is 2. The van der Waals surface area contributed by atoms with Gasteiger partial charge in [-0.05, 0) is 43.5 Å². The number of rotatable bonds is 3. The van der Waals surface area contributed by atoms with E-state index in [1.165, 1.54) is 0 Å². The van der Waals surface area contributed by atoms with E-state index in [4.69, 9.17) is 10.3 Å². The van der Waals surface area contributed by atoms with Crippen LogP contribution in [0.25, 0.3) is 11.1 Å². The predicted octanol–water partition coefficient (Wildman–Crippen LogP) is 3.19. The fraction of sp³-hybridized carbons (Fsp3) is 0.304. The van der Waals surface area contributed by atoms with Crippen LogP contribution in [0.3, 0.4) is 0 Å². The minimum atomic E-state index is -0.889. The third-order valence-electron chi connectivity index (χ3n) is 6.20. The molecule has 0 aliphatic carbocycles. The Morgan fingerprint density at radius 1 is 1.21 bits per heavy atom. The highest BCUT2D eigenvalue weighted by Crippen LogP contribution is 2.48. The molecule has 1 fully saturated rings. The van der Waals surface area contributed by atoms with Gasteiger partial charge in [0.05, 0.1) is 5.69 Å². The lowest BCUT2D eigenvalue weighted by molar-refractivity contribution is -0.124. The number of hydrogen-bond acceptors (Lipinski definition) is 5. The first kappa shape index (κ1) is 18.1. The van der Waals surface area contributed by atoms with Crippen LogP contribution in [0.1, 0.15) is 29.0 Å². The van der Waals surface area contributed by atoms with E-state index in [0.717, 1.165) is 52.4 Å². The van der Waals surface area contributed by atoms with Crippen molar-refractivity contribution in [3.05, 3.63) is 71.1 Å². The van der Waals surface area contributed by atoms with E-state index in [1.54, 1.807) is 0 Å². The monoisotopic (exact) mass is 388 g/mol. The van der Waals surface area contributed by atoms with E-state index in [9.17, 15) is 4.79 Å². The van der Waals surface area contributed by atoms with Crippen molar-refractivity contribution in [2.75, 3.05) is 18.4 Å². The summed E-state index contributed by atoms with van der Waals surface area (Å²) in [6.45, 7) is 5.30. The van der Waals surface area contributed by atoms with Crippen molar-refractivity contribution < 1.29 is 9.32 Å². The normalized spacial score (nSPS) is 24.0. The molecule has 2 unspecified atom stereocenters. The van der Waals surface area contributed by atoms with E-state index in [0.29, 0.717) is 6.54 Å². The van der Waals surface area contributed by atoms with Gasteiger partial charge in [-0.1, -0.05) is 41.6 Å². The van der Waals surface area contributed by atoms with Crippen LogP contribution in [0.4, 0.5) is 5.69 Å². The van der Waals surface area contributed by atoms with Crippen LogP contribution in [0.5, 0.6) is 0 Å². The Morgan fingerprint density at radius 2 is 2.00 bits per heavy atom. The molecule has 2 aliphatic rings. The minimum Gasteiger partial charge on any atom is -0.361 e. The smallest absolute Gasteiger partial charge is 0.254 e. The molecule has 3 N–H and O–H groups in total. The van der Waals surface area contributed by atoms with Gasteiger partial charge >= 0.3 is 0 Å². The summed E-state index contributed by atoms with van der Waals surface area (Å²) in [6, 6.07) is 16.2. The lowest BCUT2D eigenvalue weighted by Crippen LogP contribution is -2.51. The second-order valence-electron chi connectivity index (χ2n) is 7.98. The molecular formula is C23H24N4O2. The van der Waals surface area contributed by atoms with Crippen LogP contribution in [0, 0.1) is 13.8 Å². The number of amides is 1. The Balaban J connectivity index is 1.76. The number of carbonyl (C=O) groups excluding carboxylic acids is 1. The number of nitrogens with one attached hydrogen (secondary N) is 1. The first-order valence-electron chi connectivity index (χ1n) is 9.97. The van der Waals surface area contributed by atoms with Crippen LogP contribution in [0.2, 0.25) is 0 Å². The summed E-state index contributed by atoms with van der Waals surface area (Å²) >= 11 is 0. The van der Waals surface area contributed by atoms with Crippen molar-refractivity contribution >= 4 is 11.6 Å². The standard InChI is InChI=1S/C23H24N4O2/c1-14-21(15(2)29-26-14)16-8-9-20-19(12-16)23(22(28)25-20,17-6-4-3-5-7-17)27-11-10-18(24)13-27/h3-9,12,18H,10-11,13,24H2,1-2H3,(H,25,28). The lowest BCUT2D eigenvalue weighted by atomic mass is 9.81. The quantitative estimate of drug-likeness (QED) is 0.720. The number of anilines is 1. The number of aryl methyl sites for hydroxylation is 2. The zero-order valence-electron chi connectivity index (χ0n) is 16.6. The Hall–Kier alpha value is -2.96.